The summed E-state index contributed by atoms with van der Waals surface area (Å²) in [6.45, 7) is 5.02. The van der Waals surface area contributed by atoms with Gasteiger partial charge in [0.15, 0.2) is 0 Å². The van der Waals surface area contributed by atoms with Gasteiger partial charge >= 0.3 is 0 Å². The number of rotatable bonds is 5. The summed E-state index contributed by atoms with van der Waals surface area (Å²) in [7, 11) is 0. The second kappa shape index (κ2) is 6.98. The van der Waals surface area contributed by atoms with Crippen LogP contribution in [0.5, 0.6) is 0 Å². The summed E-state index contributed by atoms with van der Waals surface area (Å²) >= 11 is 12.1. The first-order chi connectivity index (χ1) is 11.5. The fourth-order valence-corrected chi connectivity index (χ4v) is 2.80. The van der Waals surface area contributed by atoms with Crippen LogP contribution in [0.2, 0.25) is 10.0 Å². The normalized spacial score (nSPS) is 11.7. The maximum atomic E-state index is 6.14. The van der Waals surface area contributed by atoms with Crippen LogP contribution >= 0.6 is 23.2 Å². The molecule has 3 nitrogen and oxygen atoms in total. The minimum Gasteiger partial charge on any atom is -0.304 e. The van der Waals surface area contributed by atoms with Crippen molar-refractivity contribution in [1.29, 1.82) is 0 Å². The van der Waals surface area contributed by atoms with Gasteiger partial charge in [0.2, 0.25) is 0 Å². The molecule has 1 aromatic heterocycles. The molecule has 0 amide bonds. The molecule has 2 aromatic carbocycles. The number of benzene rings is 2. The van der Waals surface area contributed by atoms with Gasteiger partial charge in [-0.2, -0.15) is 5.10 Å². The van der Waals surface area contributed by atoms with E-state index in [0.717, 1.165) is 17.8 Å². The number of hydrogen-bond donors (Lipinski definition) is 1. The maximum absolute atomic E-state index is 6.14. The van der Waals surface area contributed by atoms with Crippen molar-refractivity contribution in [2.24, 2.45) is 0 Å². The Labute approximate surface area is 152 Å². The summed E-state index contributed by atoms with van der Waals surface area (Å²) in [6.07, 6.45) is 3.70. The van der Waals surface area contributed by atoms with Gasteiger partial charge in [0.25, 0.3) is 0 Å². The van der Waals surface area contributed by atoms with Crippen LogP contribution in [0.25, 0.3) is 5.69 Å². The molecule has 0 atom stereocenters. The van der Waals surface area contributed by atoms with Crippen molar-refractivity contribution in [2.75, 3.05) is 0 Å². The predicted molar refractivity (Wildman–Crippen MR) is 99.9 cm³/mol. The average molecular weight is 360 g/mol. The number of aromatic nitrogens is 2. The molecular weight excluding hydrogens is 341 g/mol. The van der Waals surface area contributed by atoms with Crippen LogP contribution in [0.15, 0.2) is 60.9 Å². The highest BCUT2D eigenvalue weighted by atomic mass is 35.5. The zero-order valence-corrected chi connectivity index (χ0v) is 15.1. The van der Waals surface area contributed by atoms with Crippen molar-refractivity contribution in [3.63, 3.8) is 0 Å². The third-order valence-electron chi connectivity index (χ3n) is 4.08. The molecule has 24 heavy (non-hydrogen) atoms. The zero-order valence-electron chi connectivity index (χ0n) is 13.6. The molecule has 3 rings (SSSR count). The first kappa shape index (κ1) is 17.0. The minimum atomic E-state index is -0.213. The van der Waals surface area contributed by atoms with Crippen molar-refractivity contribution < 1.29 is 0 Å². The van der Waals surface area contributed by atoms with Gasteiger partial charge < -0.3 is 5.32 Å². The second-order valence-electron chi connectivity index (χ2n) is 6.22. The van der Waals surface area contributed by atoms with Gasteiger partial charge in [-0.25, -0.2) is 4.68 Å². The van der Waals surface area contributed by atoms with Crippen LogP contribution < -0.4 is 5.32 Å². The van der Waals surface area contributed by atoms with Crippen molar-refractivity contribution in [3.8, 4) is 5.69 Å². The molecule has 0 saturated carbocycles. The standard InChI is InChI=1S/C19H19Cl2N3/c1-19(2,15-6-9-17(20)18(21)12-15)22-13-14-4-7-16(8-5-14)24-11-3-10-23-24/h3-12,22H,13H2,1-2H3. The lowest BCUT2D eigenvalue weighted by atomic mass is 9.94. The van der Waals surface area contributed by atoms with E-state index in [1.807, 2.05) is 35.1 Å². The molecule has 0 saturated heterocycles. The van der Waals surface area contributed by atoms with Crippen LogP contribution in [0.4, 0.5) is 0 Å². The van der Waals surface area contributed by atoms with Gasteiger partial charge in [-0.05, 0) is 55.3 Å². The van der Waals surface area contributed by atoms with Crippen LogP contribution in [0.1, 0.15) is 25.0 Å². The number of hydrogen-bond acceptors (Lipinski definition) is 2. The van der Waals surface area contributed by atoms with Crippen LogP contribution in [0, 0.1) is 0 Å². The van der Waals surface area contributed by atoms with Gasteiger partial charge in [0.05, 0.1) is 15.7 Å². The van der Waals surface area contributed by atoms with Crippen LogP contribution in [-0.2, 0) is 12.1 Å². The van der Waals surface area contributed by atoms with E-state index in [9.17, 15) is 0 Å². The molecule has 3 aromatic rings. The van der Waals surface area contributed by atoms with E-state index in [4.69, 9.17) is 23.2 Å². The van der Waals surface area contributed by atoms with Crippen molar-refractivity contribution in [3.05, 3.63) is 82.1 Å². The van der Waals surface area contributed by atoms with Crippen LogP contribution in [-0.4, -0.2) is 9.78 Å². The molecule has 1 N–H and O–H groups in total. The highest BCUT2D eigenvalue weighted by Gasteiger charge is 2.20. The smallest absolute Gasteiger partial charge is 0.0645 e. The van der Waals surface area contributed by atoms with Crippen LogP contribution in [0.3, 0.4) is 0 Å². The van der Waals surface area contributed by atoms with Gasteiger partial charge in [0.1, 0.15) is 0 Å². The van der Waals surface area contributed by atoms with E-state index in [-0.39, 0.29) is 5.54 Å². The molecular formula is C19H19Cl2N3. The van der Waals surface area contributed by atoms with Crippen molar-refractivity contribution in [2.45, 2.75) is 25.9 Å². The Morgan fingerprint density at radius 1 is 1.04 bits per heavy atom. The first-order valence-electron chi connectivity index (χ1n) is 7.75. The lowest BCUT2D eigenvalue weighted by molar-refractivity contribution is 0.401. The highest BCUT2D eigenvalue weighted by molar-refractivity contribution is 6.42. The van der Waals surface area contributed by atoms with E-state index in [0.29, 0.717) is 10.0 Å². The first-order valence-corrected chi connectivity index (χ1v) is 8.51. The van der Waals surface area contributed by atoms with Gasteiger partial charge in [-0.15, -0.1) is 0 Å². The monoisotopic (exact) mass is 359 g/mol. The van der Waals surface area contributed by atoms with Gasteiger partial charge in [0, 0.05) is 24.5 Å². The van der Waals surface area contributed by atoms with Crippen molar-refractivity contribution in [1.82, 2.24) is 15.1 Å². The average Bonchev–Trinajstić information content (AvgIpc) is 3.10. The van der Waals surface area contributed by atoms with Crippen molar-refractivity contribution >= 4 is 23.2 Å². The van der Waals surface area contributed by atoms with E-state index >= 15 is 0 Å². The van der Waals surface area contributed by atoms with Gasteiger partial charge in [-0.1, -0.05) is 41.4 Å². The Hall–Kier alpha value is -1.81. The summed E-state index contributed by atoms with van der Waals surface area (Å²) in [5, 5.41) is 8.95. The summed E-state index contributed by atoms with van der Waals surface area (Å²) in [5.74, 6) is 0. The molecule has 0 aliphatic heterocycles. The second-order valence-corrected chi connectivity index (χ2v) is 7.04. The summed E-state index contributed by atoms with van der Waals surface area (Å²) in [5.41, 5.74) is 3.14. The van der Waals surface area contributed by atoms with E-state index in [1.165, 1.54) is 5.56 Å². The summed E-state index contributed by atoms with van der Waals surface area (Å²) in [4.78, 5) is 0. The molecule has 0 bridgehead atoms. The molecule has 5 heteroatoms. The molecule has 0 spiro atoms. The SMILES string of the molecule is CC(C)(NCc1ccc(-n2cccn2)cc1)c1ccc(Cl)c(Cl)c1. The molecule has 0 aliphatic rings. The Balaban J connectivity index is 1.69. The molecule has 0 fully saturated rings. The fourth-order valence-electron chi connectivity index (χ4n) is 2.50. The number of nitrogens with one attached hydrogen (secondary N) is 1. The fraction of sp³-hybridized carbons (Fsp3) is 0.211. The largest absolute Gasteiger partial charge is 0.304 e. The number of halogens is 2. The maximum Gasteiger partial charge on any atom is 0.0645 e. The highest BCUT2D eigenvalue weighted by Crippen LogP contribution is 2.28. The quantitative estimate of drug-likeness (QED) is 0.677. The summed E-state index contributed by atoms with van der Waals surface area (Å²) < 4.78 is 1.84. The Kier molecular flexibility index (Phi) is 4.95. The Morgan fingerprint density at radius 2 is 1.79 bits per heavy atom. The third-order valence-corrected chi connectivity index (χ3v) is 4.82. The lowest BCUT2D eigenvalue weighted by Crippen LogP contribution is -2.35. The Bertz CT molecular complexity index is 809. The minimum absolute atomic E-state index is 0.213. The van der Waals surface area contributed by atoms with E-state index < -0.39 is 0 Å². The zero-order chi connectivity index (χ0) is 17.2. The molecule has 0 aliphatic carbocycles. The number of nitrogens with zero attached hydrogens (tertiary/aromatic N) is 2. The summed E-state index contributed by atoms with van der Waals surface area (Å²) in [6, 6.07) is 16.0. The molecule has 0 unspecified atom stereocenters. The molecule has 1 heterocycles. The topological polar surface area (TPSA) is 29.9 Å². The Morgan fingerprint density at radius 3 is 2.42 bits per heavy atom. The van der Waals surface area contributed by atoms with E-state index in [2.05, 4.69) is 48.5 Å². The third kappa shape index (κ3) is 3.81. The molecule has 124 valence electrons. The van der Waals surface area contributed by atoms with Gasteiger partial charge in [-0.3, -0.25) is 0 Å². The lowest BCUT2D eigenvalue weighted by Gasteiger charge is -2.27. The predicted octanol–water partition coefficient (Wildman–Crippen LogP) is 5.20. The molecule has 0 radical (unpaired) electrons. The van der Waals surface area contributed by atoms with E-state index in [1.54, 1.807) is 6.20 Å².